The molecule has 1 nitrogen and oxygen atoms in total. The van der Waals surface area contributed by atoms with Gasteiger partial charge in [0, 0.05) is 22.2 Å². The van der Waals surface area contributed by atoms with Gasteiger partial charge in [-0.15, -0.1) is 0 Å². The van der Waals surface area contributed by atoms with Crippen molar-refractivity contribution in [1.29, 1.82) is 0 Å². The van der Waals surface area contributed by atoms with Crippen LogP contribution in [-0.2, 0) is 0 Å². The number of nitrogens with two attached hydrogens (primary N) is 1. The first-order valence-electron chi connectivity index (χ1n) is 3.98. The molecule has 0 saturated carbocycles. The van der Waals surface area contributed by atoms with E-state index in [1.165, 1.54) is 0 Å². The molecule has 0 radical (unpaired) electrons. The van der Waals surface area contributed by atoms with E-state index in [1.54, 1.807) is 0 Å². The number of halogens is 2. The van der Waals surface area contributed by atoms with E-state index in [1.807, 2.05) is 31.2 Å². The van der Waals surface area contributed by atoms with Gasteiger partial charge in [-0.2, -0.15) is 0 Å². The van der Waals surface area contributed by atoms with E-state index in [-0.39, 0.29) is 0 Å². The minimum Gasteiger partial charge on any atom is -0.327 e. The highest BCUT2D eigenvalue weighted by Gasteiger charge is 2.05. The van der Waals surface area contributed by atoms with E-state index in [0.717, 1.165) is 11.1 Å². The lowest BCUT2D eigenvalue weighted by molar-refractivity contribution is 1.25. The average molecular weight is 216 g/mol. The Bertz CT molecular complexity index is 311. The highest BCUT2D eigenvalue weighted by Crippen LogP contribution is 2.30. The van der Waals surface area contributed by atoms with Gasteiger partial charge >= 0.3 is 0 Å². The molecular formula is C10H11Cl2N. The van der Waals surface area contributed by atoms with Crippen LogP contribution in [0.3, 0.4) is 0 Å². The van der Waals surface area contributed by atoms with Crippen LogP contribution < -0.4 is 5.73 Å². The van der Waals surface area contributed by atoms with E-state index in [2.05, 4.69) is 0 Å². The Labute approximate surface area is 88.1 Å². The molecule has 0 fully saturated rings. The Morgan fingerprint density at radius 1 is 1.38 bits per heavy atom. The van der Waals surface area contributed by atoms with Crippen LogP contribution in [0.1, 0.15) is 12.5 Å². The summed E-state index contributed by atoms with van der Waals surface area (Å²) in [6.45, 7) is 2.44. The van der Waals surface area contributed by atoms with Crippen LogP contribution >= 0.6 is 23.2 Å². The van der Waals surface area contributed by atoms with Crippen LogP contribution in [0.15, 0.2) is 24.3 Å². The first kappa shape index (κ1) is 10.6. The summed E-state index contributed by atoms with van der Waals surface area (Å²) in [6, 6.07) is 5.46. The lowest BCUT2D eigenvalue weighted by atomic mass is 10.1. The number of hydrogen-bond acceptors (Lipinski definition) is 1. The smallest absolute Gasteiger partial charge is 0.0495 e. The summed E-state index contributed by atoms with van der Waals surface area (Å²) in [6.07, 6.45) is 1.90. The van der Waals surface area contributed by atoms with Gasteiger partial charge < -0.3 is 5.73 Å². The quantitative estimate of drug-likeness (QED) is 0.805. The van der Waals surface area contributed by atoms with Crippen molar-refractivity contribution >= 4 is 28.8 Å². The summed E-state index contributed by atoms with van der Waals surface area (Å²) in [5, 5.41) is 1.32. The van der Waals surface area contributed by atoms with Crippen molar-refractivity contribution in [3.05, 3.63) is 39.9 Å². The monoisotopic (exact) mass is 215 g/mol. The molecule has 0 aliphatic heterocycles. The predicted octanol–water partition coefficient (Wildman–Crippen LogP) is 3.36. The number of benzene rings is 1. The summed E-state index contributed by atoms with van der Waals surface area (Å²) >= 11 is 12.0. The Balaban J connectivity index is 3.20. The molecule has 1 aromatic carbocycles. The molecule has 0 aliphatic carbocycles. The molecule has 0 unspecified atom stereocenters. The number of allylic oxidation sites excluding steroid dienone is 1. The van der Waals surface area contributed by atoms with E-state index >= 15 is 0 Å². The molecule has 0 spiro atoms. The third-order valence-electron chi connectivity index (χ3n) is 1.78. The van der Waals surface area contributed by atoms with E-state index < -0.39 is 0 Å². The molecule has 0 aromatic heterocycles. The molecule has 0 saturated heterocycles. The van der Waals surface area contributed by atoms with Crippen LogP contribution in [0.2, 0.25) is 10.0 Å². The Morgan fingerprint density at radius 3 is 2.38 bits per heavy atom. The highest BCUT2D eigenvalue weighted by molar-refractivity contribution is 6.37. The van der Waals surface area contributed by atoms with Crippen LogP contribution in [-0.4, -0.2) is 6.54 Å². The Morgan fingerprint density at radius 2 is 1.92 bits per heavy atom. The van der Waals surface area contributed by atoms with Gasteiger partial charge in [-0.05, 0) is 24.6 Å². The molecule has 0 aliphatic rings. The SMILES string of the molecule is C/C(=C/CN)c1c(Cl)cccc1Cl. The Hall–Kier alpha value is -0.500. The first-order valence-corrected chi connectivity index (χ1v) is 4.73. The van der Waals surface area contributed by atoms with Gasteiger partial charge in [-0.1, -0.05) is 35.3 Å². The Kier molecular flexibility index (Phi) is 3.79. The minimum atomic E-state index is 0.493. The summed E-state index contributed by atoms with van der Waals surface area (Å²) in [5.74, 6) is 0. The van der Waals surface area contributed by atoms with Gasteiger partial charge in [-0.3, -0.25) is 0 Å². The maximum absolute atomic E-state index is 5.99. The fraction of sp³-hybridized carbons (Fsp3) is 0.200. The minimum absolute atomic E-state index is 0.493. The molecular weight excluding hydrogens is 205 g/mol. The highest BCUT2D eigenvalue weighted by atomic mass is 35.5. The molecule has 13 heavy (non-hydrogen) atoms. The van der Waals surface area contributed by atoms with Crippen molar-refractivity contribution in [3.63, 3.8) is 0 Å². The lowest BCUT2D eigenvalue weighted by Gasteiger charge is -2.06. The first-order chi connectivity index (χ1) is 6.16. The second-order valence-electron chi connectivity index (χ2n) is 2.72. The lowest BCUT2D eigenvalue weighted by Crippen LogP contribution is -1.95. The van der Waals surface area contributed by atoms with Crippen molar-refractivity contribution in [2.24, 2.45) is 5.73 Å². The molecule has 70 valence electrons. The van der Waals surface area contributed by atoms with Crippen LogP contribution in [0.5, 0.6) is 0 Å². The fourth-order valence-electron chi connectivity index (χ4n) is 1.15. The number of hydrogen-bond donors (Lipinski definition) is 1. The maximum Gasteiger partial charge on any atom is 0.0495 e. The van der Waals surface area contributed by atoms with E-state index in [4.69, 9.17) is 28.9 Å². The van der Waals surface area contributed by atoms with Crippen molar-refractivity contribution in [1.82, 2.24) is 0 Å². The van der Waals surface area contributed by atoms with Gasteiger partial charge in [0.1, 0.15) is 0 Å². The molecule has 1 aromatic rings. The summed E-state index contributed by atoms with van der Waals surface area (Å²) in [7, 11) is 0. The van der Waals surface area contributed by atoms with E-state index in [0.29, 0.717) is 16.6 Å². The van der Waals surface area contributed by atoms with Gasteiger partial charge in [0.25, 0.3) is 0 Å². The van der Waals surface area contributed by atoms with Crippen LogP contribution in [0, 0.1) is 0 Å². The molecule has 0 heterocycles. The molecule has 1 rings (SSSR count). The normalized spacial score (nSPS) is 11.8. The molecule has 0 atom stereocenters. The summed E-state index contributed by atoms with van der Waals surface area (Å²) in [5.41, 5.74) is 7.29. The molecule has 0 amide bonds. The van der Waals surface area contributed by atoms with Gasteiger partial charge in [-0.25, -0.2) is 0 Å². The van der Waals surface area contributed by atoms with E-state index in [9.17, 15) is 0 Å². The average Bonchev–Trinajstić information content (AvgIpc) is 2.04. The fourth-order valence-corrected chi connectivity index (χ4v) is 1.85. The summed E-state index contributed by atoms with van der Waals surface area (Å²) < 4.78 is 0. The molecule has 0 bridgehead atoms. The third-order valence-corrected chi connectivity index (χ3v) is 2.41. The van der Waals surface area contributed by atoms with Crippen molar-refractivity contribution < 1.29 is 0 Å². The zero-order chi connectivity index (χ0) is 9.84. The second kappa shape index (κ2) is 4.66. The zero-order valence-corrected chi connectivity index (χ0v) is 8.86. The van der Waals surface area contributed by atoms with Gasteiger partial charge in [0.05, 0.1) is 0 Å². The predicted molar refractivity (Wildman–Crippen MR) is 59.2 cm³/mol. The molecule has 2 N–H and O–H groups in total. The second-order valence-corrected chi connectivity index (χ2v) is 3.53. The largest absolute Gasteiger partial charge is 0.327 e. The van der Waals surface area contributed by atoms with Crippen molar-refractivity contribution in [2.75, 3.05) is 6.54 Å². The zero-order valence-electron chi connectivity index (χ0n) is 7.35. The molecule has 3 heteroatoms. The maximum atomic E-state index is 5.99. The third kappa shape index (κ3) is 2.47. The number of rotatable bonds is 2. The van der Waals surface area contributed by atoms with Crippen molar-refractivity contribution in [3.8, 4) is 0 Å². The van der Waals surface area contributed by atoms with Gasteiger partial charge in [0.15, 0.2) is 0 Å². The van der Waals surface area contributed by atoms with Crippen molar-refractivity contribution in [2.45, 2.75) is 6.92 Å². The topological polar surface area (TPSA) is 26.0 Å². The standard InChI is InChI=1S/C10H11Cl2N/c1-7(5-6-13)10-8(11)3-2-4-9(10)12/h2-5H,6,13H2,1H3/b7-5-. The van der Waals surface area contributed by atoms with Gasteiger partial charge in [0.2, 0.25) is 0 Å². The van der Waals surface area contributed by atoms with Crippen LogP contribution in [0.4, 0.5) is 0 Å². The summed E-state index contributed by atoms with van der Waals surface area (Å²) in [4.78, 5) is 0. The van der Waals surface area contributed by atoms with Crippen LogP contribution in [0.25, 0.3) is 5.57 Å².